The van der Waals surface area contributed by atoms with E-state index < -0.39 is 75.4 Å². The number of hydrogen-bond donors (Lipinski definition) is 4. The second-order valence-electron chi connectivity index (χ2n) is 11.2. The molecule has 4 atom stereocenters. The van der Waals surface area contributed by atoms with Gasteiger partial charge in [-0.3, -0.25) is 38.5 Å². The number of urea groups is 1. The minimum Gasteiger partial charge on any atom is -0.480 e. The number of nitrogens with one attached hydrogen (secondary N) is 3. The third kappa shape index (κ3) is 6.29. The van der Waals surface area contributed by atoms with Crippen LogP contribution in [0.3, 0.4) is 0 Å². The Hall–Kier alpha value is -5.20. The van der Waals surface area contributed by atoms with Crippen LogP contribution in [0.1, 0.15) is 46.2 Å². The molecule has 0 saturated carbocycles. The molecule has 47 heavy (non-hydrogen) atoms. The molecule has 0 radical (unpaired) electrons. The summed E-state index contributed by atoms with van der Waals surface area (Å²) in [5.74, 6) is -7.62. The zero-order valence-corrected chi connectivity index (χ0v) is 26.7. The van der Waals surface area contributed by atoms with Gasteiger partial charge in [0.15, 0.2) is 11.5 Å². The Morgan fingerprint density at radius 2 is 1.68 bits per heavy atom. The van der Waals surface area contributed by atoms with Gasteiger partial charge in [-0.1, -0.05) is 6.07 Å². The fraction of sp³-hybridized carbons (Fsp3) is 0.464. The summed E-state index contributed by atoms with van der Waals surface area (Å²) in [4.78, 5) is 116. The number of β-lactam (4-membered cyclic amide) rings is 1. The van der Waals surface area contributed by atoms with Crippen molar-refractivity contribution in [1.29, 1.82) is 0 Å². The average molecular weight is 677 g/mol. The number of piperazine rings is 1. The van der Waals surface area contributed by atoms with E-state index in [2.05, 4.69) is 16.0 Å². The molecule has 4 rings (SSSR count). The molecule has 3 fully saturated rings. The van der Waals surface area contributed by atoms with Gasteiger partial charge in [-0.2, -0.15) is 0 Å². The van der Waals surface area contributed by atoms with Gasteiger partial charge >= 0.3 is 35.8 Å². The highest BCUT2D eigenvalue weighted by Gasteiger charge is 2.72. The van der Waals surface area contributed by atoms with E-state index in [9.17, 15) is 48.3 Å². The molecule has 3 aliphatic rings. The third-order valence-corrected chi connectivity index (χ3v) is 9.30. The molecule has 0 bridgehead atoms. The Balaban J connectivity index is 1.74. The van der Waals surface area contributed by atoms with Crippen LogP contribution in [0, 0.1) is 0 Å². The minimum absolute atomic E-state index is 0.0230. The normalized spacial score (nSPS) is 23.6. The largest absolute Gasteiger partial charge is 0.480 e. The second kappa shape index (κ2) is 12.9. The van der Waals surface area contributed by atoms with Crippen LogP contribution in [0.4, 0.5) is 4.79 Å². The molecular weight excluding hydrogens is 644 g/mol. The average Bonchev–Trinajstić information content (AvgIpc) is 3.26. The Bertz CT molecular complexity index is 1580. The fourth-order valence-corrected chi connectivity index (χ4v) is 7.21. The lowest BCUT2D eigenvalue weighted by atomic mass is 9.91. The summed E-state index contributed by atoms with van der Waals surface area (Å²) < 4.78 is 9.16. The van der Waals surface area contributed by atoms with Crippen molar-refractivity contribution in [2.45, 2.75) is 62.5 Å². The van der Waals surface area contributed by atoms with Gasteiger partial charge in [0.05, 0.1) is 0 Å². The van der Waals surface area contributed by atoms with Crippen molar-refractivity contribution in [2.24, 2.45) is 0 Å². The number of ether oxygens (including phenoxy) is 2. The van der Waals surface area contributed by atoms with Gasteiger partial charge in [-0.05, 0) is 38.5 Å². The van der Waals surface area contributed by atoms with E-state index in [1.54, 1.807) is 20.8 Å². The summed E-state index contributed by atoms with van der Waals surface area (Å²) in [6.45, 7) is 6.99. The molecule has 252 valence electrons. The number of benzene rings is 1. The Morgan fingerprint density at radius 3 is 2.26 bits per heavy atom. The molecule has 3 saturated heterocycles. The molecule has 1 unspecified atom stereocenters. The number of rotatable bonds is 10. The number of nitrogens with zero attached hydrogens (tertiary/aromatic N) is 3. The maximum Gasteiger partial charge on any atom is 0.327 e. The minimum atomic E-state index is -2.15. The van der Waals surface area contributed by atoms with E-state index in [0.717, 1.165) is 36.6 Å². The van der Waals surface area contributed by atoms with Crippen molar-refractivity contribution in [2.75, 3.05) is 19.6 Å². The lowest BCUT2D eigenvalue weighted by molar-refractivity contribution is -0.172. The Morgan fingerprint density at radius 1 is 1.04 bits per heavy atom. The van der Waals surface area contributed by atoms with Crippen LogP contribution in [0.2, 0.25) is 0 Å². The fourth-order valence-electron chi connectivity index (χ4n) is 5.55. The Kier molecular flexibility index (Phi) is 9.51. The summed E-state index contributed by atoms with van der Waals surface area (Å²) in [6, 6.07) is -0.784. The first-order valence-electron chi connectivity index (χ1n) is 14.2. The molecule has 18 nitrogen and oxygen atoms in total. The number of hydrogen-bond acceptors (Lipinski definition) is 12. The van der Waals surface area contributed by atoms with Crippen LogP contribution in [0.25, 0.3) is 0 Å². The third-order valence-electron chi connectivity index (χ3n) is 7.66. The molecule has 0 aromatic heterocycles. The molecule has 19 heteroatoms. The number of likely N-dealkylation sites (N-methyl/N-ethyl adjacent to an activating group) is 1. The van der Waals surface area contributed by atoms with Gasteiger partial charge in [0.2, 0.25) is 18.0 Å². The van der Waals surface area contributed by atoms with E-state index in [4.69, 9.17) is 9.47 Å². The number of carboxylic acid groups (broad SMARTS) is 1. The van der Waals surface area contributed by atoms with E-state index in [0.29, 0.717) is 4.90 Å². The lowest BCUT2D eigenvalue weighted by Gasteiger charge is -2.52. The topological polar surface area (TPSA) is 238 Å². The van der Waals surface area contributed by atoms with Gasteiger partial charge in [0, 0.05) is 38.2 Å². The van der Waals surface area contributed by atoms with E-state index in [1.165, 1.54) is 17.0 Å². The van der Waals surface area contributed by atoms with Crippen molar-refractivity contribution in [3.8, 4) is 11.5 Å². The predicted octanol–water partition coefficient (Wildman–Crippen LogP) is -1.32. The van der Waals surface area contributed by atoms with Crippen molar-refractivity contribution in [3.05, 3.63) is 23.8 Å². The number of carboxylic acids is 1. The molecule has 1 aromatic rings. The van der Waals surface area contributed by atoms with Crippen molar-refractivity contribution >= 4 is 65.7 Å². The summed E-state index contributed by atoms with van der Waals surface area (Å²) in [7, 11) is 0. The quantitative estimate of drug-likeness (QED) is 0.0563. The highest BCUT2D eigenvalue weighted by molar-refractivity contribution is 8.01. The van der Waals surface area contributed by atoms with Crippen molar-refractivity contribution in [1.82, 2.24) is 30.7 Å². The molecule has 7 amide bonds. The van der Waals surface area contributed by atoms with Crippen molar-refractivity contribution < 1.29 is 57.7 Å². The summed E-state index contributed by atoms with van der Waals surface area (Å²) in [6.07, 6.45) is 0.148. The number of carbonyl (C=O) groups is 9. The highest BCUT2D eigenvalue weighted by atomic mass is 32.2. The Labute approximate surface area is 271 Å². The predicted molar refractivity (Wildman–Crippen MR) is 158 cm³/mol. The molecule has 4 N–H and O–H groups in total. The molecular formula is C28H32N6O12S. The molecule has 0 spiro atoms. The van der Waals surface area contributed by atoms with Crippen molar-refractivity contribution in [3.63, 3.8) is 0 Å². The van der Waals surface area contributed by atoms with Gasteiger partial charge in [-0.15, -0.1) is 11.8 Å². The monoisotopic (exact) mass is 676 g/mol. The lowest BCUT2D eigenvalue weighted by Crippen LogP contribution is -2.85. The summed E-state index contributed by atoms with van der Waals surface area (Å²) in [5, 5.41) is 15.8. The number of thioether (sulfide) groups is 1. The number of imide groups is 1. The second-order valence-corrected chi connectivity index (χ2v) is 12.9. The maximum atomic E-state index is 14.0. The van der Waals surface area contributed by atoms with Crippen LogP contribution in [0.5, 0.6) is 11.5 Å². The van der Waals surface area contributed by atoms with Gasteiger partial charge in [-0.25, -0.2) is 9.59 Å². The smallest absolute Gasteiger partial charge is 0.327 e. The van der Waals surface area contributed by atoms with Crippen LogP contribution in [0.15, 0.2) is 18.2 Å². The highest BCUT2D eigenvalue weighted by Crippen LogP contribution is 2.54. The first-order valence-corrected chi connectivity index (χ1v) is 15.1. The van der Waals surface area contributed by atoms with E-state index >= 15 is 0 Å². The first-order chi connectivity index (χ1) is 22.0. The van der Waals surface area contributed by atoms with Crippen LogP contribution >= 0.6 is 11.8 Å². The SMILES string of the molecule is CCN1CCN(C(=O)NC(C(=O)N[C@]2(NC=O)C(=O)N3[C@@H](C(=O)O)C(C)(C)S[C@@H]32)c2ccc(OC(C)=O)c(OC(C)=O)c2)C(=O)C1=O. The number of fused-ring (bicyclic) bond motifs is 1. The molecule has 3 aliphatic heterocycles. The van der Waals surface area contributed by atoms with Crippen LogP contribution in [-0.4, -0.2) is 115 Å². The number of carbonyl (C=O) groups excluding carboxylic acids is 8. The number of esters is 2. The zero-order valence-electron chi connectivity index (χ0n) is 25.9. The van der Waals surface area contributed by atoms with Crippen LogP contribution < -0.4 is 25.4 Å². The summed E-state index contributed by atoms with van der Waals surface area (Å²) >= 11 is 1.01. The van der Waals surface area contributed by atoms with Gasteiger partial charge in [0.25, 0.3) is 5.91 Å². The molecule has 1 aromatic carbocycles. The maximum absolute atomic E-state index is 14.0. The van der Waals surface area contributed by atoms with Gasteiger partial charge in [0.1, 0.15) is 17.5 Å². The standard InChI is InChI=1S/C28H32N6O12S/c1-6-32-9-10-33(22(40)21(32)39)26(44)30-18(15-7-8-16(45-13(2)36)17(11-15)46-14(3)37)20(38)31-28(29-12-35)24(43)34-19(23(41)42)27(4,5)47-25(28)34/h7-8,11-12,18-19,25H,6,9-10H2,1-5H3,(H,29,35)(H,30,44)(H,31,38)(H,41,42)/t18?,19-,25+,28+/m0/s1. The van der Waals surface area contributed by atoms with E-state index in [1.807, 2.05) is 0 Å². The number of aliphatic carboxylic acids is 1. The van der Waals surface area contributed by atoms with Gasteiger partial charge < -0.3 is 40.3 Å². The number of amides is 7. The molecule has 3 heterocycles. The zero-order chi connectivity index (χ0) is 35.0. The first kappa shape index (κ1) is 34.7. The van der Waals surface area contributed by atoms with Crippen LogP contribution in [-0.2, 0) is 38.4 Å². The molecule has 0 aliphatic carbocycles. The van der Waals surface area contributed by atoms with E-state index in [-0.39, 0.29) is 43.1 Å². The summed E-state index contributed by atoms with van der Waals surface area (Å²) in [5.41, 5.74) is -2.26.